The Kier molecular flexibility index (Phi) is 4.60. The van der Waals surface area contributed by atoms with Crippen molar-refractivity contribution in [2.75, 3.05) is 25.6 Å². The molecule has 1 rings (SSSR count). The molecule has 0 aliphatic heterocycles. The van der Waals surface area contributed by atoms with E-state index in [1.807, 2.05) is 0 Å². The summed E-state index contributed by atoms with van der Waals surface area (Å²) in [6, 6.07) is 4.29. The highest BCUT2D eigenvalue weighted by Crippen LogP contribution is 2.28. The van der Waals surface area contributed by atoms with Gasteiger partial charge in [-0.2, -0.15) is 0 Å². The fourth-order valence-electron chi connectivity index (χ4n) is 1.37. The number of ether oxygens (including phenoxy) is 1. The Morgan fingerprint density at radius 3 is 2.76 bits per heavy atom. The molecule has 0 saturated heterocycles. The second-order valence-corrected chi connectivity index (χ2v) is 4.05. The van der Waals surface area contributed by atoms with Crippen molar-refractivity contribution in [2.24, 2.45) is 5.73 Å². The normalized spacial score (nSPS) is 12.0. The van der Waals surface area contributed by atoms with Crippen LogP contribution in [0.4, 0.5) is 5.69 Å². The number of rotatable bonds is 5. The molecular formula is C11H15ClN2O3. The van der Waals surface area contributed by atoms with Crippen molar-refractivity contribution in [1.29, 1.82) is 0 Å². The molecule has 0 fully saturated rings. The van der Waals surface area contributed by atoms with E-state index >= 15 is 0 Å². The lowest BCUT2D eigenvalue weighted by Crippen LogP contribution is -2.41. The van der Waals surface area contributed by atoms with Crippen molar-refractivity contribution in [2.45, 2.75) is 6.04 Å². The molecule has 0 bridgehead atoms. The minimum absolute atomic E-state index is 0.206. The maximum Gasteiger partial charge on any atom is 0.322 e. The topological polar surface area (TPSA) is 75.8 Å². The summed E-state index contributed by atoms with van der Waals surface area (Å²) in [5.41, 5.74) is 6.23. The molecule has 17 heavy (non-hydrogen) atoms. The van der Waals surface area contributed by atoms with Crippen LogP contribution in [0, 0.1) is 0 Å². The Bertz CT molecular complexity index is 412. The summed E-state index contributed by atoms with van der Waals surface area (Å²) in [4.78, 5) is 12.4. The number of hydrogen-bond acceptors (Lipinski definition) is 4. The van der Waals surface area contributed by atoms with E-state index in [4.69, 9.17) is 27.2 Å². The third kappa shape index (κ3) is 3.51. The lowest BCUT2D eigenvalue weighted by atomic mass is 10.2. The number of likely N-dealkylation sites (N-methyl/N-ethyl adjacent to an activating group) is 1. The molecule has 6 heteroatoms. The summed E-state index contributed by atoms with van der Waals surface area (Å²) in [6.07, 6.45) is 0. The Balaban J connectivity index is 2.79. The van der Waals surface area contributed by atoms with Gasteiger partial charge in [-0.1, -0.05) is 11.6 Å². The highest BCUT2D eigenvalue weighted by atomic mass is 35.5. The van der Waals surface area contributed by atoms with E-state index < -0.39 is 12.0 Å². The molecule has 0 amide bonds. The Morgan fingerprint density at radius 2 is 2.29 bits per heavy atom. The zero-order chi connectivity index (χ0) is 13.0. The van der Waals surface area contributed by atoms with E-state index in [-0.39, 0.29) is 6.54 Å². The molecule has 0 spiro atoms. The number of carboxylic acid groups (broad SMARTS) is 1. The van der Waals surface area contributed by atoms with E-state index in [9.17, 15) is 4.79 Å². The monoisotopic (exact) mass is 258 g/mol. The molecule has 0 saturated carbocycles. The van der Waals surface area contributed by atoms with Crippen LogP contribution in [-0.2, 0) is 4.79 Å². The second kappa shape index (κ2) is 5.75. The molecule has 0 radical (unpaired) electrons. The van der Waals surface area contributed by atoms with Crippen LogP contribution in [0.5, 0.6) is 5.75 Å². The van der Waals surface area contributed by atoms with Crippen LogP contribution >= 0.6 is 11.6 Å². The molecular weight excluding hydrogens is 244 g/mol. The van der Waals surface area contributed by atoms with Crippen LogP contribution in [0.15, 0.2) is 18.2 Å². The predicted molar refractivity (Wildman–Crippen MR) is 66.9 cm³/mol. The molecule has 1 aromatic rings. The van der Waals surface area contributed by atoms with Gasteiger partial charge in [0.25, 0.3) is 0 Å². The van der Waals surface area contributed by atoms with E-state index in [0.29, 0.717) is 10.8 Å². The first-order valence-corrected chi connectivity index (χ1v) is 5.36. The number of carboxylic acids is 1. The molecule has 1 unspecified atom stereocenters. The minimum Gasteiger partial charge on any atom is -0.495 e. The predicted octanol–water partition coefficient (Wildman–Crippen LogP) is 1.20. The van der Waals surface area contributed by atoms with Crippen molar-refractivity contribution in [3.63, 3.8) is 0 Å². The smallest absolute Gasteiger partial charge is 0.322 e. The quantitative estimate of drug-likeness (QED) is 0.830. The Labute approximate surface area is 105 Å². The van der Waals surface area contributed by atoms with Gasteiger partial charge in [-0.25, -0.2) is 0 Å². The summed E-state index contributed by atoms with van der Waals surface area (Å²) < 4.78 is 5.03. The van der Waals surface area contributed by atoms with Crippen LogP contribution < -0.4 is 15.4 Å². The molecule has 0 aliphatic carbocycles. The van der Waals surface area contributed by atoms with Crippen LogP contribution in [0.2, 0.25) is 5.02 Å². The largest absolute Gasteiger partial charge is 0.495 e. The van der Waals surface area contributed by atoms with E-state index in [1.165, 1.54) is 7.11 Å². The van der Waals surface area contributed by atoms with Crippen LogP contribution in [0.1, 0.15) is 0 Å². The van der Waals surface area contributed by atoms with Gasteiger partial charge in [0.2, 0.25) is 0 Å². The first-order valence-electron chi connectivity index (χ1n) is 4.98. The number of benzene rings is 1. The molecule has 0 aromatic heterocycles. The maximum absolute atomic E-state index is 10.6. The maximum atomic E-state index is 10.6. The average Bonchev–Trinajstić information content (AvgIpc) is 2.28. The molecule has 1 atom stereocenters. The summed E-state index contributed by atoms with van der Waals surface area (Å²) in [7, 11) is 3.28. The summed E-state index contributed by atoms with van der Waals surface area (Å²) in [6.45, 7) is 0.206. The van der Waals surface area contributed by atoms with Crippen LogP contribution in [-0.4, -0.2) is 37.8 Å². The number of methoxy groups -OCH3 is 1. The summed E-state index contributed by atoms with van der Waals surface area (Å²) in [5.74, 6) is -0.456. The molecule has 1 aromatic carbocycles. The van der Waals surface area contributed by atoms with Gasteiger partial charge in [0, 0.05) is 19.3 Å². The SMILES string of the molecule is COc1ccc(N(C)CC(N)C(=O)O)cc1Cl. The van der Waals surface area contributed by atoms with Crippen molar-refractivity contribution in [1.82, 2.24) is 0 Å². The van der Waals surface area contributed by atoms with E-state index in [2.05, 4.69) is 0 Å². The summed E-state index contributed by atoms with van der Waals surface area (Å²) >= 11 is 5.97. The van der Waals surface area contributed by atoms with Crippen molar-refractivity contribution in [3.8, 4) is 5.75 Å². The number of anilines is 1. The van der Waals surface area contributed by atoms with Gasteiger partial charge in [0.15, 0.2) is 0 Å². The molecule has 94 valence electrons. The molecule has 5 nitrogen and oxygen atoms in total. The third-order valence-electron chi connectivity index (χ3n) is 2.36. The first kappa shape index (κ1) is 13.6. The summed E-state index contributed by atoms with van der Waals surface area (Å²) in [5, 5.41) is 9.19. The van der Waals surface area contributed by atoms with Gasteiger partial charge in [-0.05, 0) is 18.2 Å². The zero-order valence-electron chi connectivity index (χ0n) is 9.68. The van der Waals surface area contributed by atoms with Crippen molar-refractivity contribution < 1.29 is 14.6 Å². The molecule has 0 heterocycles. The lowest BCUT2D eigenvalue weighted by molar-refractivity contribution is -0.138. The first-order chi connectivity index (χ1) is 7.95. The standard InChI is InChI=1S/C11H15ClN2O3/c1-14(6-9(13)11(15)16)7-3-4-10(17-2)8(12)5-7/h3-5,9H,6,13H2,1-2H3,(H,15,16). The Morgan fingerprint density at radius 1 is 1.65 bits per heavy atom. The number of halogens is 1. The fourth-order valence-corrected chi connectivity index (χ4v) is 1.62. The highest BCUT2D eigenvalue weighted by molar-refractivity contribution is 6.32. The van der Waals surface area contributed by atoms with Gasteiger partial charge in [0.05, 0.1) is 12.1 Å². The third-order valence-corrected chi connectivity index (χ3v) is 2.66. The molecule has 3 N–H and O–H groups in total. The number of aliphatic carboxylic acids is 1. The number of nitrogens with zero attached hydrogens (tertiary/aromatic N) is 1. The fraction of sp³-hybridized carbons (Fsp3) is 0.364. The van der Waals surface area contributed by atoms with Gasteiger partial charge in [-0.3, -0.25) is 4.79 Å². The van der Waals surface area contributed by atoms with Gasteiger partial charge in [0.1, 0.15) is 11.8 Å². The van der Waals surface area contributed by atoms with Gasteiger partial charge < -0.3 is 20.5 Å². The Hall–Kier alpha value is -1.46. The van der Waals surface area contributed by atoms with Gasteiger partial charge in [-0.15, -0.1) is 0 Å². The average molecular weight is 259 g/mol. The van der Waals surface area contributed by atoms with Crippen molar-refractivity contribution in [3.05, 3.63) is 23.2 Å². The minimum atomic E-state index is -1.03. The molecule has 0 aliphatic rings. The van der Waals surface area contributed by atoms with Crippen molar-refractivity contribution >= 4 is 23.3 Å². The lowest BCUT2D eigenvalue weighted by Gasteiger charge is -2.21. The number of carbonyl (C=O) groups is 1. The van der Waals surface area contributed by atoms with Crippen LogP contribution in [0.3, 0.4) is 0 Å². The number of nitrogens with two attached hydrogens (primary N) is 1. The number of hydrogen-bond donors (Lipinski definition) is 2. The van der Waals surface area contributed by atoms with E-state index in [0.717, 1.165) is 5.69 Å². The second-order valence-electron chi connectivity index (χ2n) is 3.64. The zero-order valence-corrected chi connectivity index (χ0v) is 10.4. The highest BCUT2D eigenvalue weighted by Gasteiger charge is 2.15. The van der Waals surface area contributed by atoms with Gasteiger partial charge >= 0.3 is 5.97 Å². The van der Waals surface area contributed by atoms with E-state index in [1.54, 1.807) is 30.1 Å². The van der Waals surface area contributed by atoms with Crippen LogP contribution in [0.25, 0.3) is 0 Å².